The summed E-state index contributed by atoms with van der Waals surface area (Å²) < 4.78 is 43.6. The largest absolute Gasteiger partial charge is 0.490 e. The van der Waals surface area contributed by atoms with E-state index in [0.717, 1.165) is 30.8 Å². The molecule has 2 aromatic heterocycles. The van der Waals surface area contributed by atoms with Gasteiger partial charge in [-0.05, 0) is 37.8 Å². The van der Waals surface area contributed by atoms with E-state index in [-0.39, 0.29) is 11.5 Å². The Kier molecular flexibility index (Phi) is 8.15. The Morgan fingerprint density at radius 2 is 2.03 bits per heavy atom. The number of alkyl halides is 3. The number of aliphatic carboxylic acids is 1. The van der Waals surface area contributed by atoms with Crippen molar-refractivity contribution >= 4 is 11.9 Å². The smallest absolute Gasteiger partial charge is 0.475 e. The average Bonchev–Trinajstić information content (AvgIpc) is 3.20. The molecule has 1 amide bonds. The van der Waals surface area contributed by atoms with Gasteiger partial charge in [0, 0.05) is 31.3 Å². The van der Waals surface area contributed by atoms with Crippen molar-refractivity contribution in [1.29, 1.82) is 0 Å². The van der Waals surface area contributed by atoms with Gasteiger partial charge < -0.3 is 19.5 Å². The lowest BCUT2D eigenvalue weighted by Gasteiger charge is -2.50. The highest BCUT2D eigenvalue weighted by atomic mass is 19.4. The van der Waals surface area contributed by atoms with Gasteiger partial charge in [-0.15, -0.1) is 0 Å². The van der Waals surface area contributed by atoms with Crippen LogP contribution in [0.15, 0.2) is 36.8 Å². The normalized spacial score (nSPS) is 18.7. The highest BCUT2D eigenvalue weighted by Crippen LogP contribution is 2.42. The number of hydrogen-bond acceptors (Lipinski definition) is 7. The number of rotatable bonds is 6. The summed E-state index contributed by atoms with van der Waals surface area (Å²) >= 11 is 0. The molecule has 1 N–H and O–H groups in total. The fourth-order valence-corrected chi connectivity index (χ4v) is 3.94. The number of hydrogen-bond donors (Lipinski definition) is 1. The molecular weight excluding hydrogens is 457 g/mol. The summed E-state index contributed by atoms with van der Waals surface area (Å²) in [6.07, 6.45) is 1.47. The number of carboxylic acids is 1. The second-order valence-corrected chi connectivity index (χ2v) is 8.07. The molecule has 0 bridgehead atoms. The number of pyridine rings is 1. The third kappa shape index (κ3) is 6.48. The molecule has 4 rings (SSSR count). The predicted octanol–water partition coefficient (Wildman–Crippen LogP) is 2.65. The Balaban J connectivity index is 0.000000406. The topological polar surface area (TPSA) is 115 Å². The zero-order valence-corrected chi connectivity index (χ0v) is 18.5. The molecule has 1 atom stereocenters. The van der Waals surface area contributed by atoms with Crippen LogP contribution in [0.25, 0.3) is 0 Å². The number of nitrogens with zero attached hydrogens (tertiary/aromatic N) is 4. The summed E-state index contributed by atoms with van der Waals surface area (Å²) in [5, 5.41) is 7.12. The molecule has 1 unspecified atom stereocenters. The third-order valence-electron chi connectivity index (χ3n) is 5.64. The van der Waals surface area contributed by atoms with Crippen LogP contribution in [0.1, 0.15) is 34.7 Å². The van der Waals surface area contributed by atoms with Crippen LogP contribution in [0.2, 0.25) is 0 Å². The lowest BCUT2D eigenvalue weighted by atomic mass is 9.79. The minimum Gasteiger partial charge on any atom is -0.475 e. The number of aryl methyl sites for hydroxylation is 1. The number of halogens is 3. The van der Waals surface area contributed by atoms with E-state index in [1.54, 1.807) is 11.1 Å². The van der Waals surface area contributed by atoms with E-state index < -0.39 is 12.1 Å². The van der Waals surface area contributed by atoms with Crippen molar-refractivity contribution in [3.8, 4) is 0 Å². The summed E-state index contributed by atoms with van der Waals surface area (Å²) in [6, 6.07) is 5.96. The van der Waals surface area contributed by atoms with E-state index in [1.807, 2.05) is 25.1 Å². The molecule has 34 heavy (non-hydrogen) atoms. The van der Waals surface area contributed by atoms with Gasteiger partial charge in [0.2, 0.25) is 0 Å². The number of carboxylic acid groups (broad SMARTS) is 1. The summed E-state index contributed by atoms with van der Waals surface area (Å²) in [6.45, 7) is 5.16. The summed E-state index contributed by atoms with van der Waals surface area (Å²) in [5.41, 5.74) is 2.12. The van der Waals surface area contributed by atoms with Crippen molar-refractivity contribution in [3.63, 3.8) is 0 Å². The number of likely N-dealkylation sites (tertiary alicyclic amines) is 1. The minimum atomic E-state index is -5.08. The molecule has 1 spiro atoms. The predicted molar refractivity (Wildman–Crippen MR) is 112 cm³/mol. The molecular formula is C22H25F3N4O5. The van der Waals surface area contributed by atoms with Crippen molar-refractivity contribution in [1.82, 2.24) is 19.9 Å². The lowest BCUT2D eigenvalue weighted by Crippen LogP contribution is -2.66. The van der Waals surface area contributed by atoms with Gasteiger partial charge in [-0.2, -0.15) is 13.2 Å². The van der Waals surface area contributed by atoms with Crippen molar-refractivity contribution in [2.24, 2.45) is 5.92 Å². The van der Waals surface area contributed by atoms with Gasteiger partial charge in [0.15, 0.2) is 0 Å². The first-order valence-electron chi connectivity index (χ1n) is 10.6. The summed E-state index contributed by atoms with van der Waals surface area (Å²) in [5.74, 6) is -2.42. The zero-order chi connectivity index (χ0) is 24.8. The molecule has 2 fully saturated rings. The van der Waals surface area contributed by atoms with Crippen LogP contribution in [0.3, 0.4) is 0 Å². The Morgan fingerprint density at radius 3 is 2.65 bits per heavy atom. The number of ether oxygens (including phenoxy) is 2. The Morgan fingerprint density at radius 1 is 1.29 bits per heavy atom. The van der Waals surface area contributed by atoms with Gasteiger partial charge in [-0.3, -0.25) is 14.8 Å². The minimum absolute atomic E-state index is 0.0789. The maximum atomic E-state index is 12.5. The maximum Gasteiger partial charge on any atom is 0.490 e. The fraction of sp³-hybridized carbons (Fsp3) is 0.500. The summed E-state index contributed by atoms with van der Waals surface area (Å²) in [4.78, 5) is 35.7. The van der Waals surface area contributed by atoms with Crippen molar-refractivity contribution in [2.75, 3.05) is 26.3 Å². The number of aromatic nitrogens is 3. The van der Waals surface area contributed by atoms with Crippen LogP contribution in [-0.2, 0) is 20.9 Å². The second-order valence-electron chi connectivity index (χ2n) is 8.07. The molecule has 0 radical (unpaired) electrons. The van der Waals surface area contributed by atoms with Crippen LogP contribution in [0, 0.1) is 12.8 Å². The van der Waals surface area contributed by atoms with Gasteiger partial charge in [-0.1, -0.05) is 6.07 Å². The van der Waals surface area contributed by atoms with E-state index in [1.165, 1.54) is 12.4 Å². The van der Waals surface area contributed by atoms with E-state index in [2.05, 4.69) is 15.0 Å². The average molecular weight is 482 g/mol. The van der Waals surface area contributed by atoms with Crippen LogP contribution in [0.5, 0.6) is 0 Å². The molecule has 0 aliphatic carbocycles. The highest BCUT2D eigenvalue weighted by molar-refractivity contribution is 5.92. The molecule has 2 saturated heterocycles. The van der Waals surface area contributed by atoms with Gasteiger partial charge >= 0.3 is 12.1 Å². The summed E-state index contributed by atoms with van der Waals surface area (Å²) in [7, 11) is 0. The molecule has 0 saturated carbocycles. The molecule has 9 nitrogen and oxygen atoms in total. The van der Waals surface area contributed by atoms with E-state index in [9.17, 15) is 18.0 Å². The van der Waals surface area contributed by atoms with E-state index in [4.69, 9.17) is 19.4 Å². The highest BCUT2D eigenvalue weighted by Gasteiger charge is 2.54. The van der Waals surface area contributed by atoms with Crippen molar-refractivity contribution < 1.29 is 37.3 Å². The Bertz CT molecular complexity index is 984. The van der Waals surface area contributed by atoms with Crippen LogP contribution >= 0.6 is 0 Å². The van der Waals surface area contributed by atoms with Crippen LogP contribution < -0.4 is 0 Å². The molecule has 2 aliphatic rings. The first kappa shape index (κ1) is 25.5. The quantitative estimate of drug-likeness (QED) is 0.625. The van der Waals surface area contributed by atoms with Crippen molar-refractivity contribution in [3.05, 3.63) is 53.9 Å². The van der Waals surface area contributed by atoms with Gasteiger partial charge in [0.25, 0.3) is 5.91 Å². The zero-order valence-electron chi connectivity index (χ0n) is 18.5. The molecule has 4 heterocycles. The first-order chi connectivity index (χ1) is 16.1. The van der Waals surface area contributed by atoms with Crippen LogP contribution in [0.4, 0.5) is 13.2 Å². The van der Waals surface area contributed by atoms with Gasteiger partial charge in [0.05, 0.1) is 31.6 Å². The lowest BCUT2D eigenvalue weighted by molar-refractivity contribution is -0.192. The molecule has 184 valence electrons. The molecule has 2 aromatic rings. The number of carbonyl (C=O) groups is 2. The van der Waals surface area contributed by atoms with Crippen molar-refractivity contribution in [2.45, 2.75) is 38.1 Å². The third-order valence-corrected chi connectivity index (χ3v) is 5.64. The SMILES string of the molecule is Cc1cccc(COCCC2CCOC23CN(C(=O)c2cnccn2)C3)n1.O=C(O)C(F)(F)F. The first-order valence-corrected chi connectivity index (χ1v) is 10.6. The molecule has 2 aliphatic heterocycles. The van der Waals surface area contributed by atoms with Gasteiger partial charge in [-0.25, -0.2) is 9.78 Å². The second kappa shape index (κ2) is 10.9. The molecule has 12 heteroatoms. The van der Waals surface area contributed by atoms with Crippen LogP contribution in [-0.4, -0.2) is 74.9 Å². The monoisotopic (exact) mass is 482 g/mol. The fourth-order valence-electron chi connectivity index (χ4n) is 3.94. The standard InChI is InChI=1S/C20H24N4O3.C2HF3O2/c1-15-3-2-4-17(23-15)12-26-9-5-16-6-10-27-20(16)13-24(14-20)19(25)18-11-21-7-8-22-18;3-2(4,5)1(6)7/h2-4,7-8,11,16H,5-6,9-10,12-14H2,1H3;(H,6,7). The molecule has 0 aromatic carbocycles. The Labute approximate surface area is 193 Å². The Hall–Kier alpha value is -3.12. The van der Waals surface area contributed by atoms with E-state index >= 15 is 0 Å². The van der Waals surface area contributed by atoms with E-state index in [0.29, 0.717) is 37.9 Å². The van der Waals surface area contributed by atoms with Gasteiger partial charge in [0.1, 0.15) is 11.3 Å². The maximum absolute atomic E-state index is 12.5. The number of carbonyl (C=O) groups excluding carboxylic acids is 1. The number of amides is 1.